The van der Waals surface area contributed by atoms with E-state index in [1.165, 1.54) is 6.07 Å². The highest BCUT2D eigenvalue weighted by Crippen LogP contribution is 2.10. The summed E-state index contributed by atoms with van der Waals surface area (Å²) in [6.45, 7) is 1.61. The fourth-order valence-corrected chi connectivity index (χ4v) is 1.69. The second-order valence-corrected chi connectivity index (χ2v) is 4.60. The number of nitriles is 1. The van der Waals surface area contributed by atoms with Crippen molar-refractivity contribution in [2.24, 2.45) is 5.92 Å². The van der Waals surface area contributed by atoms with Crippen LogP contribution in [0.1, 0.15) is 25.3 Å². The maximum absolute atomic E-state index is 11.6. The molecule has 0 aliphatic rings. The Balaban J connectivity index is 2.48. The summed E-state index contributed by atoms with van der Waals surface area (Å²) in [4.78, 5) is 33.6. The van der Waals surface area contributed by atoms with Crippen molar-refractivity contribution >= 4 is 23.6 Å². The second-order valence-electron chi connectivity index (χ2n) is 4.60. The number of amides is 3. The first-order valence-electron chi connectivity index (χ1n) is 6.23. The van der Waals surface area contributed by atoms with E-state index in [-0.39, 0.29) is 18.8 Å². The molecule has 0 radical (unpaired) electrons. The summed E-state index contributed by atoms with van der Waals surface area (Å²) in [6.07, 6.45) is -0.197. The number of carboxylic acid groups (broad SMARTS) is 1. The Hall–Kier alpha value is -2.88. The number of urea groups is 1. The van der Waals surface area contributed by atoms with Gasteiger partial charge in [0, 0.05) is 18.5 Å². The van der Waals surface area contributed by atoms with Gasteiger partial charge in [-0.15, -0.1) is 0 Å². The molecule has 0 aromatic heterocycles. The molecule has 1 aromatic rings. The maximum Gasteiger partial charge on any atom is 0.325 e. The number of aliphatic carboxylic acids is 1. The quantitative estimate of drug-likeness (QED) is 0.762. The lowest BCUT2D eigenvalue weighted by atomic mass is 10.0. The van der Waals surface area contributed by atoms with E-state index < -0.39 is 17.9 Å². The Kier molecular flexibility index (Phi) is 5.89. The Morgan fingerprint density at radius 3 is 2.67 bits per heavy atom. The van der Waals surface area contributed by atoms with Crippen LogP contribution in [0.15, 0.2) is 24.3 Å². The molecule has 0 saturated carbocycles. The van der Waals surface area contributed by atoms with Gasteiger partial charge in [0.2, 0.25) is 5.91 Å². The smallest absolute Gasteiger partial charge is 0.325 e. The molecule has 0 fully saturated rings. The highest BCUT2D eigenvalue weighted by Gasteiger charge is 2.14. The van der Waals surface area contributed by atoms with Gasteiger partial charge in [-0.05, 0) is 24.1 Å². The normalized spacial score (nSPS) is 11.0. The van der Waals surface area contributed by atoms with Gasteiger partial charge in [-0.25, -0.2) is 4.79 Å². The maximum atomic E-state index is 11.6. The Labute approximate surface area is 121 Å². The first-order valence-corrected chi connectivity index (χ1v) is 6.23. The van der Waals surface area contributed by atoms with E-state index in [0.29, 0.717) is 11.3 Å². The van der Waals surface area contributed by atoms with Crippen LogP contribution < -0.4 is 10.6 Å². The minimum Gasteiger partial charge on any atom is -0.481 e. The van der Waals surface area contributed by atoms with E-state index in [1.54, 1.807) is 25.1 Å². The lowest BCUT2D eigenvalue weighted by Crippen LogP contribution is -2.35. The summed E-state index contributed by atoms with van der Waals surface area (Å²) >= 11 is 0. The van der Waals surface area contributed by atoms with Gasteiger partial charge in [-0.3, -0.25) is 14.9 Å². The molecule has 0 aliphatic heterocycles. The van der Waals surface area contributed by atoms with Gasteiger partial charge in [0.05, 0.1) is 11.6 Å². The third kappa shape index (κ3) is 6.20. The molecule has 0 spiro atoms. The number of hydrogen-bond donors (Lipinski definition) is 3. The van der Waals surface area contributed by atoms with E-state index in [4.69, 9.17) is 10.4 Å². The zero-order chi connectivity index (χ0) is 15.8. The van der Waals surface area contributed by atoms with Gasteiger partial charge in [0.1, 0.15) is 0 Å². The molecule has 1 rings (SSSR count). The van der Waals surface area contributed by atoms with Gasteiger partial charge < -0.3 is 10.4 Å². The number of imide groups is 1. The third-order valence-electron chi connectivity index (χ3n) is 2.56. The monoisotopic (exact) mass is 289 g/mol. The molecular formula is C14H15N3O4. The Morgan fingerprint density at radius 2 is 2.05 bits per heavy atom. The molecule has 0 aliphatic carbocycles. The number of carbonyl (C=O) groups excluding carboxylic acids is 2. The summed E-state index contributed by atoms with van der Waals surface area (Å²) in [6, 6.07) is 7.44. The van der Waals surface area contributed by atoms with Crippen LogP contribution in [0.4, 0.5) is 10.5 Å². The Bertz CT molecular complexity index is 592. The van der Waals surface area contributed by atoms with Gasteiger partial charge in [-0.1, -0.05) is 13.0 Å². The fraction of sp³-hybridized carbons (Fsp3) is 0.286. The highest BCUT2D eigenvalue weighted by atomic mass is 16.4. The number of nitrogens with zero attached hydrogens (tertiary/aromatic N) is 1. The molecule has 0 bridgehead atoms. The van der Waals surface area contributed by atoms with Gasteiger partial charge >= 0.3 is 12.0 Å². The van der Waals surface area contributed by atoms with Crippen molar-refractivity contribution in [3.8, 4) is 6.07 Å². The molecule has 7 nitrogen and oxygen atoms in total. The predicted molar refractivity (Wildman–Crippen MR) is 74.4 cm³/mol. The molecule has 0 heterocycles. The SMILES string of the molecule is CC(CC(=O)O)CC(=O)NC(=O)Nc1cccc(C#N)c1. The largest absolute Gasteiger partial charge is 0.481 e. The lowest BCUT2D eigenvalue weighted by molar-refractivity contribution is -0.138. The van der Waals surface area contributed by atoms with Crippen LogP contribution in [0.2, 0.25) is 0 Å². The highest BCUT2D eigenvalue weighted by molar-refractivity contribution is 6.01. The van der Waals surface area contributed by atoms with Crippen molar-refractivity contribution in [3.63, 3.8) is 0 Å². The van der Waals surface area contributed by atoms with E-state index in [2.05, 4.69) is 10.6 Å². The summed E-state index contributed by atoms with van der Waals surface area (Å²) in [5.41, 5.74) is 0.771. The minimum atomic E-state index is -0.993. The average Bonchev–Trinajstić information content (AvgIpc) is 2.37. The first-order chi connectivity index (χ1) is 9.90. The fourth-order valence-electron chi connectivity index (χ4n) is 1.69. The number of rotatable bonds is 5. The van der Waals surface area contributed by atoms with Crippen LogP contribution in [-0.4, -0.2) is 23.0 Å². The van der Waals surface area contributed by atoms with E-state index in [1.807, 2.05) is 6.07 Å². The number of anilines is 1. The van der Waals surface area contributed by atoms with Crippen LogP contribution in [0.25, 0.3) is 0 Å². The molecule has 3 amide bonds. The van der Waals surface area contributed by atoms with Crippen molar-refractivity contribution in [2.45, 2.75) is 19.8 Å². The number of carbonyl (C=O) groups is 3. The molecule has 1 unspecified atom stereocenters. The van der Waals surface area contributed by atoms with E-state index in [9.17, 15) is 14.4 Å². The summed E-state index contributed by atoms with van der Waals surface area (Å²) in [5, 5.41) is 21.8. The summed E-state index contributed by atoms with van der Waals surface area (Å²) in [7, 11) is 0. The first kappa shape index (κ1) is 16.2. The standard InChI is InChI=1S/C14H15N3O4/c1-9(6-13(19)20)5-12(18)17-14(21)16-11-4-2-3-10(7-11)8-15/h2-4,7,9H,5-6H2,1H3,(H,19,20)(H2,16,17,18,21). The molecular weight excluding hydrogens is 274 g/mol. The average molecular weight is 289 g/mol. The van der Waals surface area contributed by atoms with Gasteiger partial charge in [0.15, 0.2) is 0 Å². The minimum absolute atomic E-state index is 0.0576. The van der Waals surface area contributed by atoms with Crippen LogP contribution in [0, 0.1) is 17.2 Å². The third-order valence-corrected chi connectivity index (χ3v) is 2.56. The molecule has 3 N–H and O–H groups in total. The molecule has 0 saturated heterocycles. The summed E-state index contributed by atoms with van der Waals surface area (Å²) < 4.78 is 0. The molecule has 110 valence electrons. The zero-order valence-electron chi connectivity index (χ0n) is 11.4. The lowest BCUT2D eigenvalue weighted by Gasteiger charge is -2.09. The van der Waals surface area contributed by atoms with Crippen molar-refractivity contribution in [1.29, 1.82) is 5.26 Å². The van der Waals surface area contributed by atoms with Crippen molar-refractivity contribution in [1.82, 2.24) is 5.32 Å². The second kappa shape index (κ2) is 7.65. The molecule has 21 heavy (non-hydrogen) atoms. The molecule has 1 atom stereocenters. The van der Waals surface area contributed by atoms with E-state index >= 15 is 0 Å². The number of carboxylic acids is 1. The van der Waals surface area contributed by atoms with Gasteiger partial charge in [-0.2, -0.15) is 5.26 Å². The number of nitrogens with one attached hydrogen (secondary N) is 2. The Morgan fingerprint density at radius 1 is 1.33 bits per heavy atom. The molecule has 1 aromatic carbocycles. The van der Waals surface area contributed by atoms with Crippen LogP contribution >= 0.6 is 0 Å². The summed E-state index contributed by atoms with van der Waals surface area (Å²) in [5.74, 6) is -1.91. The molecule has 7 heteroatoms. The topological polar surface area (TPSA) is 119 Å². The number of hydrogen-bond acceptors (Lipinski definition) is 4. The van der Waals surface area contributed by atoms with Crippen molar-refractivity contribution in [2.75, 3.05) is 5.32 Å². The van der Waals surface area contributed by atoms with Crippen LogP contribution in [0.3, 0.4) is 0 Å². The zero-order valence-corrected chi connectivity index (χ0v) is 11.4. The van der Waals surface area contributed by atoms with Gasteiger partial charge in [0.25, 0.3) is 0 Å². The predicted octanol–water partition coefficient (Wildman–Crippen LogP) is 1.71. The van der Waals surface area contributed by atoms with Crippen molar-refractivity contribution < 1.29 is 19.5 Å². The van der Waals surface area contributed by atoms with Crippen LogP contribution in [0.5, 0.6) is 0 Å². The van der Waals surface area contributed by atoms with E-state index in [0.717, 1.165) is 0 Å². The number of benzene rings is 1. The van der Waals surface area contributed by atoms with Crippen LogP contribution in [-0.2, 0) is 9.59 Å². The van der Waals surface area contributed by atoms with Crippen molar-refractivity contribution in [3.05, 3.63) is 29.8 Å².